The molecular formula is C31H22ClF4N3O3S. The molecule has 0 saturated carbocycles. The predicted molar refractivity (Wildman–Crippen MR) is 159 cm³/mol. The molecule has 0 radical (unpaired) electrons. The van der Waals surface area contributed by atoms with E-state index in [9.17, 15) is 31.9 Å². The Labute approximate surface area is 253 Å². The SMILES string of the molecule is CC(Sc1ccc(NC(=O)/C(=C/c2cccc(Cl)c2)NC(=O)c2ccccc2)cc1)C(=O)Nc1c(F)c(F)cc(F)c1F. The number of hydrogen-bond acceptors (Lipinski definition) is 4. The van der Waals surface area contributed by atoms with Crippen LogP contribution in [0.2, 0.25) is 5.02 Å². The molecule has 0 aliphatic rings. The van der Waals surface area contributed by atoms with Crippen LogP contribution in [0.4, 0.5) is 28.9 Å². The van der Waals surface area contributed by atoms with E-state index in [0.717, 1.165) is 11.8 Å². The summed E-state index contributed by atoms with van der Waals surface area (Å²) in [7, 11) is 0. The highest BCUT2D eigenvalue weighted by Gasteiger charge is 2.23. The zero-order valence-corrected chi connectivity index (χ0v) is 23.8. The van der Waals surface area contributed by atoms with Gasteiger partial charge in [0.1, 0.15) is 11.4 Å². The lowest BCUT2D eigenvalue weighted by Crippen LogP contribution is -2.30. The summed E-state index contributed by atoms with van der Waals surface area (Å²) in [5, 5.41) is 6.72. The normalized spacial score (nSPS) is 11.9. The first-order valence-corrected chi connectivity index (χ1v) is 13.8. The summed E-state index contributed by atoms with van der Waals surface area (Å²) in [4.78, 5) is 39.0. The van der Waals surface area contributed by atoms with Crippen molar-refractivity contribution < 1.29 is 31.9 Å². The lowest BCUT2D eigenvalue weighted by atomic mass is 10.1. The minimum Gasteiger partial charge on any atom is -0.321 e. The van der Waals surface area contributed by atoms with Crippen molar-refractivity contribution in [1.29, 1.82) is 0 Å². The first-order valence-electron chi connectivity index (χ1n) is 12.6. The van der Waals surface area contributed by atoms with Gasteiger partial charge in [0, 0.05) is 27.2 Å². The van der Waals surface area contributed by atoms with Gasteiger partial charge in [0.2, 0.25) is 5.91 Å². The summed E-state index contributed by atoms with van der Waals surface area (Å²) in [6.45, 7) is 1.43. The Bertz CT molecular complexity index is 1680. The van der Waals surface area contributed by atoms with Crippen LogP contribution >= 0.6 is 23.4 Å². The molecule has 0 aliphatic carbocycles. The summed E-state index contributed by atoms with van der Waals surface area (Å²) < 4.78 is 54.8. The molecule has 1 unspecified atom stereocenters. The van der Waals surface area contributed by atoms with E-state index < -0.39 is 51.9 Å². The molecule has 0 aromatic heterocycles. The number of thioether (sulfide) groups is 1. The Morgan fingerprint density at radius 2 is 1.47 bits per heavy atom. The maximum Gasteiger partial charge on any atom is 0.272 e. The predicted octanol–water partition coefficient (Wildman–Crippen LogP) is 7.43. The fourth-order valence-corrected chi connectivity index (χ4v) is 4.75. The molecule has 1 atom stereocenters. The zero-order chi connectivity index (χ0) is 31.1. The number of benzene rings is 4. The Hall–Kier alpha value is -4.61. The summed E-state index contributed by atoms with van der Waals surface area (Å²) in [5.74, 6) is -8.72. The minimum absolute atomic E-state index is 0.0477. The molecule has 0 aliphatic heterocycles. The van der Waals surface area contributed by atoms with Gasteiger partial charge in [0.15, 0.2) is 23.3 Å². The van der Waals surface area contributed by atoms with E-state index in [0.29, 0.717) is 26.7 Å². The van der Waals surface area contributed by atoms with Gasteiger partial charge in [-0.15, -0.1) is 11.8 Å². The highest BCUT2D eigenvalue weighted by atomic mass is 35.5. The highest BCUT2D eigenvalue weighted by molar-refractivity contribution is 8.00. The number of hydrogen-bond donors (Lipinski definition) is 3. The molecule has 220 valence electrons. The maximum absolute atomic E-state index is 13.9. The van der Waals surface area contributed by atoms with E-state index in [4.69, 9.17) is 11.6 Å². The fraction of sp³-hybridized carbons (Fsp3) is 0.0645. The first kappa shape index (κ1) is 31.3. The topological polar surface area (TPSA) is 87.3 Å². The molecule has 4 aromatic rings. The number of rotatable bonds is 9. The highest BCUT2D eigenvalue weighted by Crippen LogP contribution is 2.28. The molecule has 0 bridgehead atoms. The minimum atomic E-state index is -1.71. The molecular weight excluding hydrogens is 606 g/mol. The second-order valence-corrected chi connectivity index (χ2v) is 10.9. The number of amides is 3. The Kier molecular flexibility index (Phi) is 10.2. The zero-order valence-electron chi connectivity index (χ0n) is 22.3. The third-order valence-electron chi connectivity index (χ3n) is 5.84. The average Bonchev–Trinajstić information content (AvgIpc) is 2.99. The van der Waals surface area contributed by atoms with Gasteiger partial charge in [-0.1, -0.05) is 41.9 Å². The smallest absolute Gasteiger partial charge is 0.272 e. The van der Waals surface area contributed by atoms with Crippen LogP contribution in [0.5, 0.6) is 0 Å². The largest absolute Gasteiger partial charge is 0.321 e. The first-order chi connectivity index (χ1) is 20.5. The monoisotopic (exact) mass is 627 g/mol. The lowest BCUT2D eigenvalue weighted by Gasteiger charge is -2.14. The van der Waals surface area contributed by atoms with Crippen molar-refractivity contribution in [1.82, 2.24) is 5.32 Å². The van der Waals surface area contributed by atoms with E-state index in [1.54, 1.807) is 78.9 Å². The Morgan fingerprint density at radius 1 is 0.814 bits per heavy atom. The summed E-state index contributed by atoms with van der Waals surface area (Å²) in [5.41, 5.74) is 0.0181. The second kappa shape index (κ2) is 14.0. The molecule has 4 aromatic carbocycles. The van der Waals surface area contributed by atoms with Crippen LogP contribution in [-0.2, 0) is 9.59 Å². The van der Waals surface area contributed by atoms with Gasteiger partial charge < -0.3 is 16.0 Å². The molecule has 0 saturated heterocycles. The average molecular weight is 628 g/mol. The van der Waals surface area contributed by atoms with Gasteiger partial charge in [0.25, 0.3) is 11.8 Å². The van der Waals surface area contributed by atoms with Crippen molar-refractivity contribution in [2.45, 2.75) is 17.1 Å². The van der Waals surface area contributed by atoms with Gasteiger partial charge in [0.05, 0.1) is 5.25 Å². The molecule has 0 fully saturated rings. The van der Waals surface area contributed by atoms with Crippen LogP contribution in [0, 0.1) is 23.3 Å². The van der Waals surface area contributed by atoms with Crippen LogP contribution in [0.3, 0.4) is 0 Å². The Balaban J connectivity index is 1.45. The summed E-state index contributed by atoms with van der Waals surface area (Å²) >= 11 is 7.06. The maximum atomic E-state index is 13.9. The molecule has 4 rings (SSSR count). The van der Waals surface area contributed by atoms with E-state index in [2.05, 4.69) is 10.6 Å². The molecule has 43 heavy (non-hydrogen) atoms. The molecule has 0 heterocycles. The number of carbonyl (C=O) groups excluding carboxylic acids is 3. The van der Waals surface area contributed by atoms with E-state index in [1.807, 2.05) is 5.32 Å². The molecule has 12 heteroatoms. The van der Waals surface area contributed by atoms with Crippen LogP contribution in [0.1, 0.15) is 22.8 Å². The van der Waals surface area contributed by atoms with E-state index >= 15 is 0 Å². The molecule has 6 nitrogen and oxygen atoms in total. The van der Waals surface area contributed by atoms with Crippen LogP contribution < -0.4 is 16.0 Å². The van der Waals surface area contributed by atoms with Crippen molar-refractivity contribution in [2.75, 3.05) is 10.6 Å². The van der Waals surface area contributed by atoms with Crippen molar-refractivity contribution in [2.24, 2.45) is 0 Å². The standard InChI is InChI=1S/C31H22ClF4N3O3S/c1-17(29(40)39-28-26(35)23(33)16-24(34)27(28)36)43-22-12-10-21(11-13-22)37-31(42)25(15-18-6-5-9-20(32)14-18)38-30(41)19-7-3-2-4-8-19/h2-17H,1H3,(H,37,42)(H,38,41)(H,39,40)/b25-15-. The van der Waals surface area contributed by atoms with Crippen molar-refractivity contribution in [3.8, 4) is 0 Å². The van der Waals surface area contributed by atoms with Crippen LogP contribution in [0.25, 0.3) is 6.08 Å². The summed E-state index contributed by atoms with van der Waals surface area (Å²) in [6.07, 6.45) is 1.47. The van der Waals surface area contributed by atoms with Crippen LogP contribution in [-0.4, -0.2) is 23.0 Å². The van der Waals surface area contributed by atoms with Gasteiger partial charge in [-0.3, -0.25) is 14.4 Å². The third kappa shape index (κ3) is 8.24. The number of nitrogens with one attached hydrogen (secondary N) is 3. The number of carbonyl (C=O) groups is 3. The van der Waals surface area contributed by atoms with Crippen LogP contribution in [0.15, 0.2) is 95.5 Å². The number of anilines is 2. The van der Waals surface area contributed by atoms with Gasteiger partial charge in [-0.2, -0.15) is 0 Å². The molecule has 0 spiro atoms. The van der Waals surface area contributed by atoms with E-state index in [1.165, 1.54) is 13.0 Å². The lowest BCUT2D eigenvalue weighted by molar-refractivity contribution is -0.115. The van der Waals surface area contributed by atoms with E-state index in [-0.39, 0.29) is 11.8 Å². The third-order valence-corrected chi connectivity index (χ3v) is 7.19. The van der Waals surface area contributed by atoms with Gasteiger partial charge in [-0.05, 0) is 67.1 Å². The number of halogens is 5. The van der Waals surface area contributed by atoms with Crippen molar-refractivity contribution in [3.63, 3.8) is 0 Å². The molecule has 3 N–H and O–H groups in total. The van der Waals surface area contributed by atoms with Gasteiger partial charge in [-0.25, -0.2) is 17.6 Å². The van der Waals surface area contributed by atoms with Crippen molar-refractivity contribution in [3.05, 3.63) is 130 Å². The summed E-state index contributed by atoms with van der Waals surface area (Å²) in [6, 6.07) is 21.3. The fourth-order valence-electron chi connectivity index (χ4n) is 3.69. The quantitative estimate of drug-likeness (QED) is 0.0780. The Morgan fingerprint density at radius 3 is 2.09 bits per heavy atom. The second-order valence-electron chi connectivity index (χ2n) is 9.00. The van der Waals surface area contributed by atoms with Gasteiger partial charge >= 0.3 is 0 Å². The molecule has 3 amide bonds. The van der Waals surface area contributed by atoms with Crippen molar-refractivity contribution >= 4 is 58.5 Å².